The van der Waals surface area contributed by atoms with Gasteiger partial charge in [-0.05, 0) is 19.1 Å². The maximum atomic E-state index is 11.7. The van der Waals surface area contributed by atoms with Crippen LogP contribution in [0.3, 0.4) is 0 Å². The molecular weight excluding hydrogens is 246 g/mol. The minimum atomic E-state index is -0.148. The zero-order valence-corrected chi connectivity index (χ0v) is 11.3. The molecule has 0 fully saturated rings. The number of hydrogen-bond donors (Lipinski definition) is 0. The molecule has 1 heterocycles. The Morgan fingerprint density at radius 1 is 1.42 bits per heavy atom. The summed E-state index contributed by atoms with van der Waals surface area (Å²) in [5.41, 5.74) is 0. The molecule has 0 bridgehead atoms. The molecule has 1 aliphatic heterocycles. The molecule has 5 nitrogen and oxygen atoms in total. The van der Waals surface area contributed by atoms with Gasteiger partial charge in [0, 0.05) is 13.7 Å². The van der Waals surface area contributed by atoms with Crippen molar-refractivity contribution < 1.29 is 19.0 Å². The summed E-state index contributed by atoms with van der Waals surface area (Å²) in [5, 5.41) is 0. The number of fused-ring (bicyclic) bond motifs is 1. The van der Waals surface area contributed by atoms with Gasteiger partial charge in [0.15, 0.2) is 17.6 Å². The molecule has 1 aliphatic rings. The van der Waals surface area contributed by atoms with Crippen molar-refractivity contribution in [3.05, 3.63) is 24.3 Å². The Morgan fingerprint density at radius 3 is 2.89 bits per heavy atom. The van der Waals surface area contributed by atoms with Crippen molar-refractivity contribution in [3.63, 3.8) is 0 Å². The molecule has 0 spiro atoms. The van der Waals surface area contributed by atoms with Crippen LogP contribution in [-0.2, 0) is 9.53 Å². The van der Waals surface area contributed by atoms with Crippen LogP contribution in [0.1, 0.15) is 6.92 Å². The summed E-state index contributed by atoms with van der Waals surface area (Å²) in [6.07, 6.45) is -0.148. The lowest BCUT2D eigenvalue weighted by molar-refractivity contribution is -0.136. The number of likely N-dealkylation sites (N-methyl/N-ethyl adjacent to an activating group) is 1. The van der Waals surface area contributed by atoms with Crippen LogP contribution in [0.15, 0.2) is 24.3 Å². The van der Waals surface area contributed by atoms with Crippen LogP contribution in [0.25, 0.3) is 0 Å². The first-order chi connectivity index (χ1) is 9.20. The number of nitrogens with zero attached hydrogens (tertiary/aromatic N) is 1. The zero-order valence-electron chi connectivity index (χ0n) is 11.3. The first kappa shape index (κ1) is 13.7. The maximum absolute atomic E-state index is 11.7. The molecule has 0 N–H and O–H groups in total. The summed E-state index contributed by atoms with van der Waals surface area (Å²) >= 11 is 0. The highest BCUT2D eigenvalue weighted by molar-refractivity contribution is 5.77. The van der Waals surface area contributed by atoms with Crippen molar-refractivity contribution in [1.29, 1.82) is 0 Å². The van der Waals surface area contributed by atoms with Gasteiger partial charge < -0.3 is 19.1 Å². The second-order valence-electron chi connectivity index (χ2n) is 4.41. The van der Waals surface area contributed by atoms with E-state index in [9.17, 15) is 4.79 Å². The van der Waals surface area contributed by atoms with Crippen LogP contribution in [-0.4, -0.2) is 50.3 Å². The molecular formula is C14H19NO4. The molecule has 19 heavy (non-hydrogen) atoms. The predicted octanol–water partition coefficient (Wildman–Crippen LogP) is 1.32. The summed E-state index contributed by atoms with van der Waals surface area (Å²) in [7, 11) is 1.74. The molecule has 1 unspecified atom stereocenters. The highest BCUT2D eigenvalue weighted by Crippen LogP contribution is 2.30. The van der Waals surface area contributed by atoms with E-state index >= 15 is 0 Å². The standard InChI is InChI=1S/C14H19NO4/c1-3-17-10-14(16)15(2)8-11-9-18-12-6-4-5-7-13(12)19-11/h4-7,11H,3,8-10H2,1-2H3. The lowest BCUT2D eigenvalue weighted by Crippen LogP contribution is -2.42. The Labute approximate surface area is 113 Å². The monoisotopic (exact) mass is 265 g/mol. The molecule has 0 saturated carbocycles. The van der Waals surface area contributed by atoms with E-state index < -0.39 is 0 Å². The van der Waals surface area contributed by atoms with Crippen molar-refractivity contribution in [1.82, 2.24) is 4.90 Å². The lowest BCUT2D eigenvalue weighted by Gasteiger charge is -2.29. The number of benzene rings is 1. The van der Waals surface area contributed by atoms with Gasteiger partial charge in [0.1, 0.15) is 13.2 Å². The van der Waals surface area contributed by atoms with E-state index in [4.69, 9.17) is 14.2 Å². The van der Waals surface area contributed by atoms with E-state index in [0.717, 1.165) is 11.5 Å². The molecule has 0 aromatic heterocycles. The molecule has 0 radical (unpaired) electrons. The molecule has 5 heteroatoms. The van der Waals surface area contributed by atoms with Crippen molar-refractivity contribution in [3.8, 4) is 11.5 Å². The fourth-order valence-electron chi connectivity index (χ4n) is 1.86. The number of ether oxygens (including phenoxy) is 3. The number of para-hydroxylation sites is 2. The minimum Gasteiger partial charge on any atom is -0.486 e. The summed E-state index contributed by atoms with van der Waals surface area (Å²) in [6.45, 7) is 3.44. The highest BCUT2D eigenvalue weighted by atomic mass is 16.6. The van der Waals surface area contributed by atoms with Crippen molar-refractivity contribution in [2.45, 2.75) is 13.0 Å². The second kappa shape index (κ2) is 6.43. The van der Waals surface area contributed by atoms with Gasteiger partial charge in [-0.15, -0.1) is 0 Å². The van der Waals surface area contributed by atoms with Crippen LogP contribution in [0.2, 0.25) is 0 Å². The van der Waals surface area contributed by atoms with E-state index in [1.54, 1.807) is 11.9 Å². The van der Waals surface area contributed by atoms with Gasteiger partial charge in [-0.2, -0.15) is 0 Å². The van der Waals surface area contributed by atoms with Crippen molar-refractivity contribution in [2.75, 3.05) is 33.4 Å². The van der Waals surface area contributed by atoms with Crippen LogP contribution in [0.4, 0.5) is 0 Å². The van der Waals surface area contributed by atoms with E-state index in [1.165, 1.54) is 0 Å². The van der Waals surface area contributed by atoms with E-state index in [1.807, 2.05) is 31.2 Å². The normalized spacial score (nSPS) is 17.1. The number of carbonyl (C=O) groups excluding carboxylic acids is 1. The summed E-state index contributed by atoms with van der Waals surface area (Å²) < 4.78 is 16.5. The highest BCUT2D eigenvalue weighted by Gasteiger charge is 2.23. The van der Waals surface area contributed by atoms with Gasteiger partial charge in [0.05, 0.1) is 6.54 Å². The molecule has 2 rings (SSSR count). The average Bonchev–Trinajstić information content (AvgIpc) is 2.44. The summed E-state index contributed by atoms with van der Waals surface area (Å²) in [6, 6.07) is 7.54. The molecule has 1 amide bonds. The van der Waals surface area contributed by atoms with Gasteiger partial charge in [0.2, 0.25) is 5.91 Å². The largest absolute Gasteiger partial charge is 0.486 e. The molecule has 1 aromatic rings. The lowest BCUT2D eigenvalue weighted by atomic mass is 10.2. The molecule has 0 saturated heterocycles. The minimum absolute atomic E-state index is 0.0516. The fourth-order valence-corrected chi connectivity index (χ4v) is 1.86. The Hall–Kier alpha value is -1.75. The van der Waals surface area contributed by atoms with Crippen molar-refractivity contribution >= 4 is 5.91 Å². The number of rotatable bonds is 5. The summed E-state index contributed by atoms with van der Waals surface area (Å²) in [4.78, 5) is 13.3. The van der Waals surface area contributed by atoms with Crippen LogP contribution in [0, 0.1) is 0 Å². The maximum Gasteiger partial charge on any atom is 0.248 e. The topological polar surface area (TPSA) is 48.0 Å². The third-order valence-corrected chi connectivity index (χ3v) is 2.90. The van der Waals surface area contributed by atoms with Gasteiger partial charge in [0.25, 0.3) is 0 Å². The molecule has 1 aromatic carbocycles. The SMILES string of the molecule is CCOCC(=O)N(C)CC1COc2ccccc2O1. The van der Waals surface area contributed by atoms with Crippen LogP contribution >= 0.6 is 0 Å². The van der Waals surface area contributed by atoms with Gasteiger partial charge in [-0.3, -0.25) is 4.79 Å². The average molecular weight is 265 g/mol. The Bertz CT molecular complexity index is 435. The number of carbonyl (C=O) groups is 1. The Balaban J connectivity index is 1.86. The van der Waals surface area contributed by atoms with Gasteiger partial charge >= 0.3 is 0 Å². The van der Waals surface area contributed by atoms with Gasteiger partial charge in [-0.25, -0.2) is 0 Å². The van der Waals surface area contributed by atoms with Gasteiger partial charge in [-0.1, -0.05) is 12.1 Å². The summed E-state index contributed by atoms with van der Waals surface area (Å²) in [5.74, 6) is 1.43. The predicted molar refractivity (Wildman–Crippen MR) is 70.5 cm³/mol. The third kappa shape index (κ3) is 3.61. The Kier molecular flexibility index (Phi) is 4.63. The van der Waals surface area contributed by atoms with Crippen molar-refractivity contribution in [2.24, 2.45) is 0 Å². The molecule has 1 atom stereocenters. The second-order valence-corrected chi connectivity index (χ2v) is 4.41. The van der Waals surface area contributed by atoms with Crippen LogP contribution < -0.4 is 9.47 Å². The van der Waals surface area contributed by atoms with E-state index in [-0.39, 0.29) is 18.6 Å². The van der Waals surface area contributed by atoms with Crippen LogP contribution in [0.5, 0.6) is 11.5 Å². The fraction of sp³-hybridized carbons (Fsp3) is 0.500. The first-order valence-electron chi connectivity index (χ1n) is 6.41. The quantitative estimate of drug-likeness (QED) is 0.805. The van der Waals surface area contributed by atoms with E-state index in [0.29, 0.717) is 19.8 Å². The molecule has 0 aliphatic carbocycles. The number of hydrogen-bond acceptors (Lipinski definition) is 4. The smallest absolute Gasteiger partial charge is 0.248 e. The number of amides is 1. The van der Waals surface area contributed by atoms with E-state index in [2.05, 4.69) is 0 Å². The third-order valence-electron chi connectivity index (χ3n) is 2.90. The molecule has 104 valence electrons. The zero-order chi connectivity index (χ0) is 13.7. The first-order valence-corrected chi connectivity index (χ1v) is 6.41. The Morgan fingerprint density at radius 2 is 2.16 bits per heavy atom.